The lowest BCUT2D eigenvalue weighted by Crippen LogP contribution is -2.40. The number of rotatable bonds is 5. The summed E-state index contributed by atoms with van der Waals surface area (Å²) in [6.45, 7) is 2.13. The largest absolute Gasteiger partial charge is 0.497 e. The van der Waals surface area contributed by atoms with E-state index >= 15 is 0 Å². The second kappa shape index (κ2) is 6.18. The molecular weight excluding hydrogens is 276 g/mol. The molecule has 0 spiro atoms. The molecule has 1 aliphatic rings. The molecular formula is C18H20N2O2. The molecule has 4 heteroatoms. The maximum absolute atomic E-state index is 12.9. The molecule has 1 atom stereocenters. The molecule has 0 N–H and O–H groups in total. The number of aromatic nitrogens is 1. The summed E-state index contributed by atoms with van der Waals surface area (Å²) in [6.07, 6.45) is 5.69. The van der Waals surface area contributed by atoms with Gasteiger partial charge in [-0.15, -0.1) is 0 Å². The molecule has 1 aliphatic carbocycles. The minimum absolute atomic E-state index is 0.0203. The van der Waals surface area contributed by atoms with Crippen LogP contribution in [-0.4, -0.2) is 24.0 Å². The molecule has 0 radical (unpaired) electrons. The summed E-state index contributed by atoms with van der Waals surface area (Å²) in [5.74, 6) is 1.40. The molecule has 1 aromatic heterocycles. The van der Waals surface area contributed by atoms with Gasteiger partial charge in [0.15, 0.2) is 0 Å². The first-order chi connectivity index (χ1) is 10.7. The Labute approximate surface area is 130 Å². The van der Waals surface area contributed by atoms with Gasteiger partial charge in [0, 0.05) is 29.7 Å². The number of ether oxygens (including phenoxy) is 1. The lowest BCUT2D eigenvalue weighted by Gasteiger charge is -2.29. The third-order valence-electron chi connectivity index (χ3n) is 4.21. The number of carbonyl (C=O) groups excluding carboxylic acids is 1. The first-order valence-corrected chi connectivity index (χ1v) is 7.58. The van der Waals surface area contributed by atoms with Crippen molar-refractivity contribution in [3.8, 4) is 5.75 Å². The number of carbonyl (C=O) groups is 1. The number of anilines is 1. The lowest BCUT2D eigenvalue weighted by molar-refractivity contribution is 0.0975. The van der Waals surface area contributed by atoms with E-state index in [1.165, 1.54) is 12.8 Å². The molecule has 1 saturated carbocycles. The van der Waals surface area contributed by atoms with Gasteiger partial charge in [0.25, 0.3) is 5.91 Å². The van der Waals surface area contributed by atoms with Crippen molar-refractivity contribution in [2.24, 2.45) is 5.92 Å². The second-order valence-electron chi connectivity index (χ2n) is 5.69. The minimum atomic E-state index is 0.0203. The molecule has 1 amide bonds. The Bertz CT molecular complexity index is 636. The fraction of sp³-hybridized carbons (Fsp3) is 0.333. The first kappa shape index (κ1) is 14.6. The molecule has 0 aliphatic heterocycles. The average Bonchev–Trinajstić information content (AvgIpc) is 3.41. The molecule has 114 valence electrons. The summed E-state index contributed by atoms with van der Waals surface area (Å²) in [4.78, 5) is 18.8. The van der Waals surface area contributed by atoms with Crippen LogP contribution in [0, 0.1) is 5.92 Å². The Morgan fingerprint density at radius 3 is 2.36 bits per heavy atom. The van der Waals surface area contributed by atoms with E-state index in [-0.39, 0.29) is 11.9 Å². The Morgan fingerprint density at radius 1 is 1.18 bits per heavy atom. The summed E-state index contributed by atoms with van der Waals surface area (Å²) in [5, 5.41) is 0. The van der Waals surface area contributed by atoms with Crippen molar-refractivity contribution in [2.75, 3.05) is 12.0 Å². The van der Waals surface area contributed by atoms with Crippen LogP contribution in [0.2, 0.25) is 0 Å². The van der Waals surface area contributed by atoms with Crippen LogP contribution in [0.4, 0.5) is 5.69 Å². The Kier molecular flexibility index (Phi) is 4.09. The van der Waals surface area contributed by atoms with E-state index in [4.69, 9.17) is 4.74 Å². The van der Waals surface area contributed by atoms with Crippen LogP contribution >= 0.6 is 0 Å². The standard InChI is InChI=1S/C18H20N2O2/c1-13(14-3-4-14)20(16-5-7-17(22-2)8-6-16)18(21)15-9-11-19-12-10-15/h5-14H,3-4H2,1-2H3/t13-/m1/s1. The summed E-state index contributed by atoms with van der Waals surface area (Å²) in [7, 11) is 1.64. The lowest BCUT2D eigenvalue weighted by atomic mass is 10.1. The van der Waals surface area contributed by atoms with Gasteiger partial charge in [-0.25, -0.2) is 0 Å². The molecule has 4 nitrogen and oxygen atoms in total. The number of methoxy groups -OCH3 is 1. The van der Waals surface area contributed by atoms with Crippen LogP contribution in [0.1, 0.15) is 30.1 Å². The summed E-state index contributed by atoms with van der Waals surface area (Å²) >= 11 is 0. The molecule has 0 saturated heterocycles. The van der Waals surface area contributed by atoms with Crippen LogP contribution in [-0.2, 0) is 0 Å². The van der Waals surface area contributed by atoms with E-state index in [0.29, 0.717) is 11.5 Å². The molecule has 22 heavy (non-hydrogen) atoms. The molecule has 1 fully saturated rings. The first-order valence-electron chi connectivity index (χ1n) is 7.58. The topological polar surface area (TPSA) is 42.4 Å². The summed E-state index contributed by atoms with van der Waals surface area (Å²) in [5.41, 5.74) is 1.57. The Hall–Kier alpha value is -2.36. The highest BCUT2D eigenvalue weighted by atomic mass is 16.5. The highest BCUT2D eigenvalue weighted by Crippen LogP contribution is 2.37. The average molecular weight is 296 g/mol. The summed E-state index contributed by atoms with van der Waals surface area (Å²) in [6, 6.07) is 11.4. The van der Waals surface area contributed by atoms with Gasteiger partial charge in [-0.2, -0.15) is 0 Å². The van der Waals surface area contributed by atoms with Crippen molar-refractivity contribution in [3.63, 3.8) is 0 Å². The zero-order chi connectivity index (χ0) is 15.5. The van der Waals surface area contributed by atoms with Gasteiger partial charge in [-0.05, 0) is 62.1 Å². The number of benzene rings is 1. The fourth-order valence-corrected chi connectivity index (χ4v) is 2.70. The number of amides is 1. The van der Waals surface area contributed by atoms with Gasteiger partial charge in [-0.1, -0.05) is 0 Å². The van der Waals surface area contributed by atoms with Crippen LogP contribution in [0.15, 0.2) is 48.8 Å². The normalized spacial score (nSPS) is 15.2. The number of hydrogen-bond acceptors (Lipinski definition) is 3. The van der Waals surface area contributed by atoms with Crippen LogP contribution < -0.4 is 9.64 Å². The predicted octanol–water partition coefficient (Wildman–Crippen LogP) is 3.54. The van der Waals surface area contributed by atoms with Gasteiger partial charge in [0.2, 0.25) is 0 Å². The van der Waals surface area contributed by atoms with Crippen LogP contribution in [0.25, 0.3) is 0 Å². The van der Waals surface area contributed by atoms with E-state index in [0.717, 1.165) is 11.4 Å². The van der Waals surface area contributed by atoms with Gasteiger partial charge < -0.3 is 9.64 Å². The van der Waals surface area contributed by atoms with Crippen molar-refractivity contribution in [1.29, 1.82) is 0 Å². The van der Waals surface area contributed by atoms with E-state index in [1.54, 1.807) is 31.6 Å². The highest BCUT2D eigenvalue weighted by molar-refractivity contribution is 6.06. The smallest absolute Gasteiger partial charge is 0.258 e. The van der Waals surface area contributed by atoms with Crippen molar-refractivity contribution >= 4 is 11.6 Å². The molecule has 0 bridgehead atoms. The minimum Gasteiger partial charge on any atom is -0.497 e. The van der Waals surface area contributed by atoms with E-state index in [9.17, 15) is 4.79 Å². The maximum atomic E-state index is 12.9. The summed E-state index contributed by atoms with van der Waals surface area (Å²) < 4.78 is 5.20. The Balaban J connectivity index is 1.94. The fourth-order valence-electron chi connectivity index (χ4n) is 2.70. The number of nitrogens with zero attached hydrogens (tertiary/aromatic N) is 2. The van der Waals surface area contributed by atoms with Crippen molar-refractivity contribution in [1.82, 2.24) is 4.98 Å². The second-order valence-corrected chi connectivity index (χ2v) is 5.69. The van der Waals surface area contributed by atoms with Crippen molar-refractivity contribution in [3.05, 3.63) is 54.4 Å². The molecule has 2 aromatic rings. The zero-order valence-corrected chi connectivity index (χ0v) is 12.9. The third kappa shape index (κ3) is 2.96. The number of pyridine rings is 1. The van der Waals surface area contributed by atoms with Crippen molar-refractivity contribution < 1.29 is 9.53 Å². The van der Waals surface area contributed by atoms with Gasteiger partial charge in [0.05, 0.1) is 7.11 Å². The van der Waals surface area contributed by atoms with E-state index in [1.807, 2.05) is 29.2 Å². The monoisotopic (exact) mass is 296 g/mol. The van der Waals surface area contributed by atoms with Gasteiger partial charge in [0.1, 0.15) is 5.75 Å². The molecule has 1 heterocycles. The van der Waals surface area contributed by atoms with Gasteiger partial charge >= 0.3 is 0 Å². The zero-order valence-electron chi connectivity index (χ0n) is 12.9. The van der Waals surface area contributed by atoms with E-state index in [2.05, 4.69) is 11.9 Å². The highest BCUT2D eigenvalue weighted by Gasteiger charge is 2.35. The number of hydrogen-bond donors (Lipinski definition) is 0. The van der Waals surface area contributed by atoms with Crippen molar-refractivity contribution in [2.45, 2.75) is 25.8 Å². The molecule has 3 rings (SSSR count). The SMILES string of the molecule is COc1ccc(N(C(=O)c2ccncc2)[C@H](C)C2CC2)cc1. The van der Waals surface area contributed by atoms with Crippen LogP contribution in [0.3, 0.4) is 0 Å². The van der Waals surface area contributed by atoms with E-state index < -0.39 is 0 Å². The quantitative estimate of drug-likeness (QED) is 0.847. The maximum Gasteiger partial charge on any atom is 0.258 e. The molecule has 0 unspecified atom stereocenters. The van der Waals surface area contributed by atoms with Gasteiger partial charge in [-0.3, -0.25) is 9.78 Å². The Morgan fingerprint density at radius 2 is 1.82 bits per heavy atom. The predicted molar refractivity (Wildman–Crippen MR) is 86.2 cm³/mol. The third-order valence-corrected chi connectivity index (χ3v) is 4.21. The van der Waals surface area contributed by atoms with Crippen LogP contribution in [0.5, 0.6) is 5.75 Å². The molecule has 1 aromatic carbocycles.